The van der Waals surface area contributed by atoms with E-state index in [1.165, 1.54) is 5.56 Å². The van der Waals surface area contributed by atoms with Crippen molar-refractivity contribution in [3.05, 3.63) is 65.4 Å². The molecule has 0 saturated carbocycles. The van der Waals surface area contributed by atoms with Crippen LogP contribution in [0.25, 0.3) is 0 Å². The Morgan fingerprint density at radius 3 is 2.48 bits per heavy atom. The van der Waals surface area contributed by atoms with Gasteiger partial charge in [0.2, 0.25) is 11.8 Å². The lowest BCUT2D eigenvalue weighted by Crippen LogP contribution is -2.50. The van der Waals surface area contributed by atoms with Gasteiger partial charge in [-0.25, -0.2) is 0 Å². The molecular formula is C22H26N4O3. The van der Waals surface area contributed by atoms with Gasteiger partial charge < -0.3 is 18.6 Å². The van der Waals surface area contributed by atoms with Crippen LogP contribution in [0, 0.1) is 6.92 Å². The van der Waals surface area contributed by atoms with Crippen LogP contribution in [0.15, 0.2) is 51.5 Å². The van der Waals surface area contributed by atoms with Crippen molar-refractivity contribution in [1.29, 1.82) is 0 Å². The first-order valence-corrected chi connectivity index (χ1v) is 10.1. The van der Waals surface area contributed by atoms with Crippen molar-refractivity contribution in [3.63, 3.8) is 0 Å². The van der Waals surface area contributed by atoms with Gasteiger partial charge in [-0.3, -0.25) is 4.79 Å². The van der Waals surface area contributed by atoms with E-state index in [2.05, 4.69) is 22.3 Å². The fourth-order valence-corrected chi connectivity index (χ4v) is 3.63. The SMILES string of the molecule is CCc1nnc(N2CCN(C(=O)C(Cc3ccco3)c3ccc(C)cc3)CC2)o1. The summed E-state index contributed by atoms with van der Waals surface area (Å²) in [6, 6.07) is 12.5. The minimum Gasteiger partial charge on any atom is -0.469 e. The molecule has 1 aliphatic rings. The van der Waals surface area contributed by atoms with E-state index in [9.17, 15) is 4.79 Å². The quantitative estimate of drug-likeness (QED) is 0.639. The third kappa shape index (κ3) is 4.34. The number of aryl methyl sites for hydroxylation is 2. The van der Waals surface area contributed by atoms with Gasteiger partial charge >= 0.3 is 6.01 Å². The highest BCUT2D eigenvalue weighted by Gasteiger charge is 2.30. The molecule has 152 valence electrons. The maximum atomic E-state index is 13.4. The zero-order chi connectivity index (χ0) is 20.2. The van der Waals surface area contributed by atoms with Crippen LogP contribution in [-0.2, 0) is 17.6 Å². The first-order chi connectivity index (χ1) is 14.1. The van der Waals surface area contributed by atoms with Gasteiger partial charge in [-0.05, 0) is 24.6 Å². The number of carbonyl (C=O) groups excluding carboxylic acids is 1. The van der Waals surface area contributed by atoms with Crippen molar-refractivity contribution in [1.82, 2.24) is 15.1 Å². The fraction of sp³-hybridized carbons (Fsp3) is 0.409. The molecule has 7 heteroatoms. The Bertz CT molecular complexity index is 925. The zero-order valence-corrected chi connectivity index (χ0v) is 16.9. The number of rotatable bonds is 6. The van der Waals surface area contributed by atoms with Crippen molar-refractivity contribution in [3.8, 4) is 0 Å². The molecule has 1 atom stereocenters. The van der Waals surface area contributed by atoms with Crippen LogP contribution in [0.3, 0.4) is 0 Å². The zero-order valence-electron chi connectivity index (χ0n) is 16.9. The van der Waals surface area contributed by atoms with E-state index >= 15 is 0 Å². The molecule has 0 aliphatic carbocycles. The third-order valence-corrected chi connectivity index (χ3v) is 5.38. The van der Waals surface area contributed by atoms with Crippen LogP contribution in [0.2, 0.25) is 0 Å². The summed E-state index contributed by atoms with van der Waals surface area (Å²) in [5.74, 6) is 1.32. The van der Waals surface area contributed by atoms with E-state index in [0.29, 0.717) is 44.5 Å². The number of hydrogen-bond donors (Lipinski definition) is 0. The number of aromatic nitrogens is 2. The Kier molecular flexibility index (Phi) is 5.64. The monoisotopic (exact) mass is 394 g/mol. The van der Waals surface area contributed by atoms with Crippen LogP contribution in [0.4, 0.5) is 6.01 Å². The van der Waals surface area contributed by atoms with Crippen molar-refractivity contribution in [2.75, 3.05) is 31.1 Å². The molecule has 2 aromatic heterocycles. The van der Waals surface area contributed by atoms with E-state index in [4.69, 9.17) is 8.83 Å². The smallest absolute Gasteiger partial charge is 0.318 e. The number of piperazine rings is 1. The average molecular weight is 394 g/mol. The maximum Gasteiger partial charge on any atom is 0.318 e. The molecule has 3 heterocycles. The molecule has 3 aromatic rings. The minimum atomic E-state index is -0.261. The second-order valence-electron chi connectivity index (χ2n) is 7.39. The predicted molar refractivity (Wildman–Crippen MR) is 109 cm³/mol. The molecule has 0 bridgehead atoms. The van der Waals surface area contributed by atoms with Gasteiger partial charge in [0.25, 0.3) is 0 Å². The number of carbonyl (C=O) groups is 1. The third-order valence-electron chi connectivity index (χ3n) is 5.38. The molecule has 1 fully saturated rings. The number of benzene rings is 1. The van der Waals surface area contributed by atoms with Crippen molar-refractivity contribution >= 4 is 11.9 Å². The van der Waals surface area contributed by atoms with Crippen LogP contribution in [0.1, 0.15) is 35.6 Å². The standard InChI is InChI=1S/C22H26N4O3/c1-3-20-23-24-22(29-20)26-12-10-25(11-13-26)21(27)19(15-18-5-4-14-28-18)17-8-6-16(2)7-9-17/h4-9,14,19H,3,10-13,15H2,1-2H3. The fourth-order valence-electron chi connectivity index (χ4n) is 3.63. The molecule has 0 N–H and O–H groups in total. The molecule has 29 heavy (non-hydrogen) atoms. The summed E-state index contributed by atoms with van der Waals surface area (Å²) in [6.45, 7) is 6.65. The molecule has 1 amide bonds. The normalized spacial score (nSPS) is 15.5. The summed E-state index contributed by atoms with van der Waals surface area (Å²) in [5.41, 5.74) is 2.20. The van der Waals surface area contributed by atoms with Crippen molar-refractivity contribution in [2.24, 2.45) is 0 Å². The lowest BCUT2D eigenvalue weighted by atomic mass is 9.92. The van der Waals surface area contributed by atoms with E-state index in [-0.39, 0.29) is 11.8 Å². The summed E-state index contributed by atoms with van der Waals surface area (Å²) >= 11 is 0. The first-order valence-electron chi connectivity index (χ1n) is 10.1. The Labute approximate surface area is 170 Å². The molecule has 7 nitrogen and oxygen atoms in total. The topological polar surface area (TPSA) is 75.6 Å². The largest absolute Gasteiger partial charge is 0.469 e. The molecule has 0 radical (unpaired) electrons. The summed E-state index contributed by atoms with van der Waals surface area (Å²) in [7, 11) is 0. The highest BCUT2D eigenvalue weighted by Crippen LogP contribution is 2.25. The highest BCUT2D eigenvalue weighted by molar-refractivity contribution is 5.84. The van der Waals surface area contributed by atoms with Gasteiger partial charge in [0.05, 0.1) is 12.2 Å². The summed E-state index contributed by atoms with van der Waals surface area (Å²) in [4.78, 5) is 17.4. The highest BCUT2D eigenvalue weighted by atomic mass is 16.4. The number of amides is 1. The van der Waals surface area contributed by atoms with Gasteiger partial charge in [-0.2, -0.15) is 0 Å². The number of furan rings is 1. The second-order valence-corrected chi connectivity index (χ2v) is 7.39. The lowest BCUT2D eigenvalue weighted by molar-refractivity contribution is -0.133. The summed E-state index contributed by atoms with van der Waals surface area (Å²) in [6.07, 6.45) is 2.93. The molecule has 1 aromatic carbocycles. The van der Waals surface area contributed by atoms with E-state index in [1.54, 1.807) is 6.26 Å². The number of anilines is 1. The second kappa shape index (κ2) is 8.51. The van der Waals surface area contributed by atoms with Crippen LogP contribution < -0.4 is 4.90 Å². The van der Waals surface area contributed by atoms with E-state index in [0.717, 1.165) is 17.7 Å². The van der Waals surface area contributed by atoms with Gasteiger partial charge in [0.15, 0.2) is 0 Å². The Balaban J connectivity index is 1.46. The lowest BCUT2D eigenvalue weighted by Gasteiger charge is -2.35. The first kappa shape index (κ1) is 19.2. The number of nitrogens with zero attached hydrogens (tertiary/aromatic N) is 4. The molecule has 4 rings (SSSR count). The molecular weight excluding hydrogens is 368 g/mol. The van der Waals surface area contributed by atoms with Crippen LogP contribution in [-0.4, -0.2) is 47.2 Å². The van der Waals surface area contributed by atoms with Crippen molar-refractivity contribution in [2.45, 2.75) is 32.6 Å². The minimum absolute atomic E-state index is 0.129. The van der Waals surface area contributed by atoms with Crippen LogP contribution in [0.5, 0.6) is 0 Å². The maximum absolute atomic E-state index is 13.4. The predicted octanol–water partition coefficient (Wildman–Crippen LogP) is 3.21. The number of hydrogen-bond acceptors (Lipinski definition) is 6. The molecule has 1 unspecified atom stereocenters. The Morgan fingerprint density at radius 1 is 1.10 bits per heavy atom. The summed E-state index contributed by atoms with van der Waals surface area (Å²) in [5, 5.41) is 8.15. The van der Waals surface area contributed by atoms with Crippen molar-refractivity contribution < 1.29 is 13.6 Å². The Morgan fingerprint density at radius 2 is 1.86 bits per heavy atom. The summed E-state index contributed by atoms with van der Waals surface area (Å²) < 4.78 is 11.2. The molecule has 0 spiro atoms. The van der Waals surface area contributed by atoms with Gasteiger partial charge in [-0.1, -0.05) is 41.9 Å². The average Bonchev–Trinajstić information content (AvgIpc) is 3.44. The van der Waals surface area contributed by atoms with E-state index < -0.39 is 0 Å². The molecule has 1 saturated heterocycles. The Hall–Kier alpha value is -3.09. The van der Waals surface area contributed by atoms with Gasteiger partial charge in [0.1, 0.15) is 5.76 Å². The van der Waals surface area contributed by atoms with Gasteiger partial charge in [0, 0.05) is 39.0 Å². The van der Waals surface area contributed by atoms with E-state index in [1.807, 2.05) is 47.9 Å². The molecule has 1 aliphatic heterocycles. The van der Waals surface area contributed by atoms with Gasteiger partial charge in [-0.15, -0.1) is 5.10 Å². The van der Waals surface area contributed by atoms with Crippen LogP contribution >= 0.6 is 0 Å².